The van der Waals surface area contributed by atoms with E-state index in [0.717, 1.165) is 0 Å². The molecule has 166 valence electrons. The van der Waals surface area contributed by atoms with Crippen LogP contribution < -0.4 is 20.5 Å². The number of H-pyrrole nitrogens is 1. The van der Waals surface area contributed by atoms with E-state index in [1.807, 2.05) is 6.07 Å². The van der Waals surface area contributed by atoms with Crippen molar-refractivity contribution < 1.29 is 19.4 Å². The normalized spacial score (nSPS) is 10.9. The molecule has 1 amide bonds. The lowest BCUT2D eigenvalue weighted by Crippen LogP contribution is -2.24. The molecule has 9 heteroatoms. The second kappa shape index (κ2) is 9.65. The first-order valence-corrected chi connectivity index (χ1v) is 9.95. The van der Waals surface area contributed by atoms with Gasteiger partial charge in [0.05, 0.1) is 24.2 Å². The molecule has 33 heavy (non-hydrogen) atoms. The number of hydrogen-bond donors (Lipinski definition) is 3. The maximum absolute atomic E-state index is 12.2. The topological polar surface area (TPSA) is 126 Å². The lowest BCUT2D eigenvalue weighted by molar-refractivity contribution is -0.123. The van der Waals surface area contributed by atoms with Crippen molar-refractivity contribution in [2.24, 2.45) is 5.10 Å². The van der Waals surface area contributed by atoms with Gasteiger partial charge in [-0.2, -0.15) is 5.10 Å². The second-order valence-electron chi connectivity index (χ2n) is 6.97. The van der Waals surface area contributed by atoms with Gasteiger partial charge in [-0.3, -0.25) is 9.59 Å². The Kier molecular flexibility index (Phi) is 6.31. The molecule has 1 aromatic heterocycles. The molecule has 0 aliphatic carbocycles. The number of methoxy groups -OCH3 is 1. The van der Waals surface area contributed by atoms with Gasteiger partial charge in [0, 0.05) is 5.56 Å². The number of phenols is 1. The van der Waals surface area contributed by atoms with E-state index < -0.39 is 5.91 Å². The molecule has 0 bridgehead atoms. The average molecular weight is 444 g/mol. The van der Waals surface area contributed by atoms with Crippen LogP contribution in [0.2, 0.25) is 0 Å². The third kappa shape index (κ3) is 5.16. The zero-order chi connectivity index (χ0) is 23.2. The number of hydrogen-bond acceptors (Lipinski definition) is 7. The van der Waals surface area contributed by atoms with Gasteiger partial charge >= 0.3 is 0 Å². The highest BCUT2D eigenvalue weighted by Crippen LogP contribution is 2.25. The highest BCUT2D eigenvalue weighted by molar-refractivity contribution is 5.83. The average Bonchev–Trinajstić information content (AvgIpc) is 2.83. The number of hydrazone groups is 1. The van der Waals surface area contributed by atoms with Crippen molar-refractivity contribution >= 4 is 23.0 Å². The molecule has 4 rings (SSSR count). The number of aromatic amines is 1. The highest BCUT2D eigenvalue weighted by Gasteiger charge is 2.07. The predicted octanol–water partition coefficient (Wildman–Crippen LogP) is 2.83. The molecule has 0 fully saturated rings. The Hall–Kier alpha value is -4.66. The Labute approximate surface area is 188 Å². The maximum atomic E-state index is 12.2. The van der Waals surface area contributed by atoms with Crippen LogP contribution in [0.15, 0.2) is 76.6 Å². The molecule has 3 N–H and O–H groups in total. The summed E-state index contributed by atoms with van der Waals surface area (Å²) in [5, 5.41) is 14.1. The summed E-state index contributed by atoms with van der Waals surface area (Å²) >= 11 is 0. The van der Waals surface area contributed by atoms with Crippen LogP contribution in [0.1, 0.15) is 5.56 Å². The summed E-state index contributed by atoms with van der Waals surface area (Å²) in [7, 11) is 1.46. The molecule has 0 unspecified atom stereocenters. The molecule has 0 saturated carbocycles. The lowest BCUT2D eigenvalue weighted by Gasteiger charge is -2.07. The third-order valence-electron chi connectivity index (χ3n) is 4.72. The molecule has 9 nitrogen and oxygen atoms in total. The van der Waals surface area contributed by atoms with E-state index in [2.05, 4.69) is 20.5 Å². The molecule has 1 heterocycles. The third-order valence-corrected chi connectivity index (χ3v) is 4.72. The Bertz CT molecular complexity index is 1380. The zero-order valence-corrected chi connectivity index (χ0v) is 17.6. The van der Waals surface area contributed by atoms with E-state index in [-0.39, 0.29) is 17.9 Å². The number of phenolic OH excluding ortho intramolecular Hbond substituents is 1. The van der Waals surface area contributed by atoms with Crippen molar-refractivity contribution in [1.29, 1.82) is 0 Å². The van der Waals surface area contributed by atoms with Gasteiger partial charge in [0.2, 0.25) is 0 Å². The van der Waals surface area contributed by atoms with E-state index in [1.54, 1.807) is 54.6 Å². The molecule has 0 aliphatic heterocycles. The Morgan fingerprint density at radius 1 is 1.15 bits per heavy atom. The first-order valence-electron chi connectivity index (χ1n) is 9.95. The van der Waals surface area contributed by atoms with Crippen molar-refractivity contribution in [2.45, 2.75) is 0 Å². The van der Waals surface area contributed by atoms with E-state index in [9.17, 15) is 14.7 Å². The number of ether oxygens (including phenoxy) is 2. The van der Waals surface area contributed by atoms with Crippen LogP contribution in [0.3, 0.4) is 0 Å². The number of carbonyl (C=O) groups is 1. The van der Waals surface area contributed by atoms with Gasteiger partial charge in [-0.05, 0) is 60.2 Å². The van der Waals surface area contributed by atoms with Gasteiger partial charge in [0.15, 0.2) is 18.1 Å². The molecule has 3 aromatic carbocycles. The predicted molar refractivity (Wildman–Crippen MR) is 124 cm³/mol. The van der Waals surface area contributed by atoms with Crippen LogP contribution in [-0.2, 0) is 4.79 Å². The van der Waals surface area contributed by atoms with Gasteiger partial charge in [-0.1, -0.05) is 12.1 Å². The molecule has 0 aliphatic rings. The fourth-order valence-corrected chi connectivity index (χ4v) is 3.08. The Morgan fingerprint density at radius 3 is 2.70 bits per heavy atom. The lowest BCUT2D eigenvalue weighted by atomic mass is 10.2. The molecule has 0 atom stereocenters. The fourth-order valence-electron chi connectivity index (χ4n) is 3.08. The van der Waals surface area contributed by atoms with E-state index in [1.165, 1.54) is 19.4 Å². The van der Waals surface area contributed by atoms with Crippen LogP contribution in [0.5, 0.6) is 17.2 Å². The Morgan fingerprint density at radius 2 is 1.94 bits per heavy atom. The van der Waals surface area contributed by atoms with Gasteiger partial charge < -0.3 is 19.6 Å². The van der Waals surface area contributed by atoms with Crippen molar-refractivity contribution in [2.75, 3.05) is 13.7 Å². The van der Waals surface area contributed by atoms with Crippen LogP contribution in [0.4, 0.5) is 0 Å². The molecule has 0 radical (unpaired) electrons. The monoisotopic (exact) mass is 444 g/mol. The summed E-state index contributed by atoms with van der Waals surface area (Å²) in [5.74, 6) is 0.789. The van der Waals surface area contributed by atoms with Crippen molar-refractivity contribution in [1.82, 2.24) is 15.4 Å². The number of aromatic nitrogens is 2. The molecule has 4 aromatic rings. The van der Waals surface area contributed by atoms with Crippen molar-refractivity contribution in [3.63, 3.8) is 0 Å². The number of nitrogens with zero attached hydrogens (tertiary/aromatic N) is 2. The minimum atomic E-state index is -0.450. The molecule has 0 spiro atoms. The number of benzene rings is 3. The first-order chi connectivity index (χ1) is 16.0. The van der Waals surface area contributed by atoms with Gasteiger partial charge in [0.1, 0.15) is 11.6 Å². The second-order valence-corrected chi connectivity index (χ2v) is 6.97. The number of amides is 1. The van der Waals surface area contributed by atoms with Gasteiger partial charge in [0.25, 0.3) is 11.5 Å². The number of para-hydroxylation sites is 1. The van der Waals surface area contributed by atoms with Crippen molar-refractivity contribution in [3.05, 3.63) is 82.6 Å². The smallest absolute Gasteiger partial charge is 0.277 e. The van der Waals surface area contributed by atoms with Crippen LogP contribution in [0.25, 0.3) is 22.3 Å². The standard InChI is InChI=1S/C24H20N4O5/c1-32-21-11-6-15(12-20(21)29)13-25-28-22(30)14-33-17-9-7-16(8-10-17)23-26-19-5-3-2-4-18(19)24(31)27-23/h2-13,29H,14H2,1H3,(H,28,30)(H,26,27,31)/b25-13+. The fraction of sp³-hybridized carbons (Fsp3) is 0.0833. The number of nitrogens with one attached hydrogen (secondary N) is 2. The minimum absolute atomic E-state index is 0.0254. The largest absolute Gasteiger partial charge is 0.504 e. The van der Waals surface area contributed by atoms with Crippen LogP contribution >= 0.6 is 0 Å². The zero-order valence-electron chi connectivity index (χ0n) is 17.6. The summed E-state index contributed by atoms with van der Waals surface area (Å²) in [6, 6.07) is 18.7. The van der Waals surface area contributed by atoms with Gasteiger partial charge in [-0.15, -0.1) is 0 Å². The summed E-state index contributed by atoms with van der Waals surface area (Å²) < 4.78 is 10.4. The van der Waals surface area contributed by atoms with Crippen LogP contribution in [0, 0.1) is 0 Å². The number of aromatic hydroxyl groups is 1. The number of fused-ring (bicyclic) bond motifs is 1. The molecule has 0 saturated heterocycles. The minimum Gasteiger partial charge on any atom is -0.504 e. The maximum Gasteiger partial charge on any atom is 0.277 e. The van der Waals surface area contributed by atoms with E-state index >= 15 is 0 Å². The number of carbonyl (C=O) groups excluding carboxylic acids is 1. The van der Waals surface area contributed by atoms with E-state index in [4.69, 9.17) is 9.47 Å². The van der Waals surface area contributed by atoms with E-state index in [0.29, 0.717) is 39.4 Å². The van der Waals surface area contributed by atoms with Crippen molar-refractivity contribution in [3.8, 4) is 28.6 Å². The van der Waals surface area contributed by atoms with Crippen LogP contribution in [-0.4, -0.2) is 40.9 Å². The highest BCUT2D eigenvalue weighted by atomic mass is 16.5. The Balaban J connectivity index is 1.33. The molecular weight excluding hydrogens is 424 g/mol. The quantitative estimate of drug-likeness (QED) is 0.297. The SMILES string of the molecule is COc1ccc(/C=N/NC(=O)COc2ccc(-c3nc4ccccc4c(=O)[nH]3)cc2)cc1O. The molecular formula is C24H20N4O5. The summed E-state index contributed by atoms with van der Waals surface area (Å²) in [5.41, 5.74) is 4.05. The summed E-state index contributed by atoms with van der Waals surface area (Å²) in [6.45, 7) is -0.240. The van der Waals surface area contributed by atoms with Gasteiger partial charge in [-0.25, -0.2) is 10.4 Å². The first kappa shape index (κ1) is 21.6. The number of rotatable bonds is 7. The summed E-state index contributed by atoms with van der Waals surface area (Å²) in [6.07, 6.45) is 1.39. The summed E-state index contributed by atoms with van der Waals surface area (Å²) in [4.78, 5) is 31.5.